The van der Waals surface area contributed by atoms with Gasteiger partial charge in [-0.05, 0) is 25.8 Å². The van der Waals surface area contributed by atoms with Crippen LogP contribution in [0.4, 0.5) is 0 Å². The molecule has 0 amide bonds. The number of ether oxygens (including phenoxy) is 1. The van der Waals surface area contributed by atoms with Crippen molar-refractivity contribution in [3.05, 3.63) is 17.5 Å². The zero-order valence-corrected chi connectivity index (χ0v) is 8.00. The minimum atomic E-state index is 0.804. The summed E-state index contributed by atoms with van der Waals surface area (Å²) in [4.78, 5) is 0. The second-order valence-corrected chi connectivity index (χ2v) is 2.98. The van der Waals surface area contributed by atoms with Gasteiger partial charge >= 0.3 is 0 Å². The van der Waals surface area contributed by atoms with Crippen molar-refractivity contribution in [2.45, 2.75) is 26.8 Å². The molecule has 0 aromatic carbocycles. The molecule has 0 aliphatic heterocycles. The third-order valence-corrected chi connectivity index (χ3v) is 2.07. The van der Waals surface area contributed by atoms with Gasteiger partial charge in [0, 0.05) is 26.0 Å². The Bertz CT molecular complexity index is 243. The van der Waals surface area contributed by atoms with Crippen molar-refractivity contribution in [2.24, 2.45) is 0 Å². The Kier molecular flexibility index (Phi) is 3.29. The fraction of sp³-hybridized carbons (Fsp3) is 0.667. The van der Waals surface area contributed by atoms with Gasteiger partial charge in [0.1, 0.15) is 0 Å². The molecule has 0 radical (unpaired) electrons. The molecule has 1 heterocycles. The predicted octanol–water partition coefficient (Wildman–Crippen LogP) is 1.54. The molecule has 1 rings (SSSR count). The van der Waals surface area contributed by atoms with E-state index in [0.717, 1.165) is 19.6 Å². The predicted molar refractivity (Wildman–Crippen MR) is 48.2 cm³/mol. The molecular weight excluding hydrogens is 152 g/mol. The zero-order valence-electron chi connectivity index (χ0n) is 8.00. The van der Waals surface area contributed by atoms with Crippen LogP contribution in [-0.2, 0) is 11.3 Å². The third kappa shape index (κ3) is 2.08. The van der Waals surface area contributed by atoms with Gasteiger partial charge in [-0.15, -0.1) is 0 Å². The summed E-state index contributed by atoms with van der Waals surface area (Å²) >= 11 is 0. The summed E-state index contributed by atoms with van der Waals surface area (Å²) in [7, 11) is 1.72. The van der Waals surface area contributed by atoms with E-state index in [1.54, 1.807) is 7.11 Å². The molecule has 1 aromatic heterocycles. The van der Waals surface area contributed by atoms with Crippen LogP contribution in [0.15, 0.2) is 6.20 Å². The number of rotatable bonds is 4. The third-order valence-electron chi connectivity index (χ3n) is 2.07. The van der Waals surface area contributed by atoms with Gasteiger partial charge in [0.25, 0.3) is 0 Å². The van der Waals surface area contributed by atoms with Crippen LogP contribution in [0.25, 0.3) is 0 Å². The highest BCUT2D eigenvalue weighted by Crippen LogP contribution is 2.04. The molecule has 0 N–H and O–H groups in total. The Labute approximate surface area is 73.3 Å². The Morgan fingerprint density at radius 1 is 1.50 bits per heavy atom. The molecule has 0 aliphatic rings. The summed E-state index contributed by atoms with van der Waals surface area (Å²) < 4.78 is 6.99. The SMILES string of the molecule is COCCCn1ncc(C)c1C. The van der Waals surface area contributed by atoms with Crippen molar-refractivity contribution >= 4 is 0 Å². The maximum absolute atomic E-state index is 4.97. The molecule has 1 aromatic rings. The normalized spacial score (nSPS) is 10.6. The van der Waals surface area contributed by atoms with E-state index < -0.39 is 0 Å². The van der Waals surface area contributed by atoms with Crippen molar-refractivity contribution in [3.8, 4) is 0 Å². The first-order chi connectivity index (χ1) is 5.75. The van der Waals surface area contributed by atoms with Crippen molar-refractivity contribution < 1.29 is 4.74 Å². The maximum Gasteiger partial charge on any atom is 0.0521 e. The van der Waals surface area contributed by atoms with Crippen molar-refractivity contribution in [3.63, 3.8) is 0 Å². The second-order valence-electron chi connectivity index (χ2n) is 2.98. The van der Waals surface area contributed by atoms with E-state index in [2.05, 4.69) is 18.9 Å². The van der Waals surface area contributed by atoms with Crippen LogP contribution in [0, 0.1) is 13.8 Å². The number of hydrogen-bond acceptors (Lipinski definition) is 2. The molecule has 0 bridgehead atoms. The fourth-order valence-electron chi connectivity index (χ4n) is 1.12. The fourth-order valence-corrected chi connectivity index (χ4v) is 1.12. The van der Waals surface area contributed by atoms with Crippen LogP contribution >= 0.6 is 0 Å². The smallest absolute Gasteiger partial charge is 0.0521 e. The largest absolute Gasteiger partial charge is 0.385 e. The van der Waals surface area contributed by atoms with Crippen LogP contribution < -0.4 is 0 Å². The van der Waals surface area contributed by atoms with Crippen LogP contribution in [-0.4, -0.2) is 23.5 Å². The summed E-state index contributed by atoms with van der Waals surface area (Å²) in [5, 5.41) is 4.25. The van der Waals surface area contributed by atoms with Crippen molar-refractivity contribution in [1.29, 1.82) is 0 Å². The van der Waals surface area contributed by atoms with Gasteiger partial charge in [-0.1, -0.05) is 0 Å². The van der Waals surface area contributed by atoms with Gasteiger partial charge < -0.3 is 4.74 Å². The lowest BCUT2D eigenvalue weighted by Gasteiger charge is -2.03. The first kappa shape index (κ1) is 9.26. The topological polar surface area (TPSA) is 27.1 Å². The number of aryl methyl sites for hydroxylation is 2. The van der Waals surface area contributed by atoms with Crippen molar-refractivity contribution in [2.75, 3.05) is 13.7 Å². The highest BCUT2D eigenvalue weighted by Gasteiger charge is 2.00. The molecule has 0 fully saturated rings. The molecule has 0 aliphatic carbocycles. The first-order valence-corrected chi connectivity index (χ1v) is 4.23. The second kappa shape index (κ2) is 4.26. The van der Waals surface area contributed by atoms with E-state index in [1.807, 2.05) is 10.9 Å². The Morgan fingerprint density at radius 3 is 2.75 bits per heavy atom. The van der Waals surface area contributed by atoms with Gasteiger partial charge in [0.15, 0.2) is 0 Å². The lowest BCUT2D eigenvalue weighted by molar-refractivity contribution is 0.188. The Morgan fingerprint density at radius 2 is 2.25 bits per heavy atom. The Hall–Kier alpha value is -0.830. The molecule has 0 unspecified atom stereocenters. The van der Waals surface area contributed by atoms with Gasteiger partial charge in [-0.3, -0.25) is 4.68 Å². The number of hydrogen-bond donors (Lipinski definition) is 0. The zero-order chi connectivity index (χ0) is 8.97. The highest BCUT2D eigenvalue weighted by molar-refractivity contribution is 5.12. The van der Waals surface area contributed by atoms with E-state index in [1.165, 1.54) is 11.3 Å². The molecule has 0 saturated carbocycles. The minimum absolute atomic E-state index is 0.804. The molecular formula is C9H16N2O. The van der Waals surface area contributed by atoms with Gasteiger partial charge in [-0.2, -0.15) is 5.10 Å². The van der Waals surface area contributed by atoms with E-state index in [0.29, 0.717) is 0 Å². The lowest BCUT2D eigenvalue weighted by atomic mass is 10.3. The Balaban J connectivity index is 2.46. The average Bonchev–Trinajstić information content (AvgIpc) is 2.36. The summed E-state index contributed by atoms with van der Waals surface area (Å²) in [6.07, 6.45) is 2.93. The van der Waals surface area contributed by atoms with Crippen LogP contribution in [0.1, 0.15) is 17.7 Å². The van der Waals surface area contributed by atoms with Gasteiger partial charge in [-0.25, -0.2) is 0 Å². The van der Waals surface area contributed by atoms with Crippen LogP contribution in [0.2, 0.25) is 0 Å². The lowest BCUT2D eigenvalue weighted by Crippen LogP contribution is -2.04. The summed E-state index contributed by atoms with van der Waals surface area (Å²) in [6, 6.07) is 0. The minimum Gasteiger partial charge on any atom is -0.385 e. The summed E-state index contributed by atoms with van der Waals surface area (Å²) in [5.41, 5.74) is 2.51. The highest BCUT2D eigenvalue weighted by atomic mass is 16.5. The van der Waals surface area contributed by atoms with Crippen molar-refractivity contribution in [1.82, 2.24) is 9.78 Å². The average molecular weight is 168 g/mol. The molecule has 0 saturated heterocycles. The standard InChI is InChI=1S/C9H16N2O/c1-8-7-10-11(9(8)2)5-4-6-12-3/h7H,4-6H2,1-3H3. The molecule has 0 atom stereocenters. The van der Waals surface area contributed by atoms with E-state index in [-0.39, 0.29) is 0 Å². The van der Waals surface area contributed by atoms with Gasteiger partial charge in [0.05, 0.1) is 6.20 Å². The number of methoxy groups -OCH3 is 1. The number of nitrogens with zero attached hydrogens (tertiary/aromatic N) is 2. The molecule has 12 heavy (non-hydrogen) atoms. The van der Waals surface area contributed by atoms with Gasteiger partial charge in [0.2, 0.25) is 0 Å². The molecule has 68 valence electrons. The summed E-state index contributed by atoms with van der Waals surface area (Å²) in [6.45, 7) is 5.93. The summed E-state index contributed by atoms with van der Waals surface area (Å²) in [5.74, 6) is 0. The van der Waals surface area contributed by atoms with Crippen LogP contribution in [0.5, 0.6) is 0 Å². The molecule has 3 nitrogen and oxygen atoms in total. The quantitative estimate of drug-likeness (QED) is 0.637. The van der Waals surface area contributed by atoms with E-state index in [4.69, 9.17) is 4.74 Å². The monoisotopic (exact) mass is 168 g/mol. The number of aromatic nitrogens is 2. The van der Waals surface area contributed by atoms with Crippen LogP contribution in [0.3, 0.4) is 0 Å². The maximum atomic E-state index is 4.97. The van der Waals surface area contributed by atoms with E-state index in [9.17, 15) is 0 Å². The molecule has 0 spiro atoms. The van der Waals surface area contributed by atoms with E-state index >= 15 is 0 Å². The first-order valence-electron chi connectivity index (χ1n) is 4.23. The molecule has 3 heteroatoms.